The van der Waals surface area contributed by atoms with Crippen molar-refractivity contribution in [1.82, 2.24) is 5.32 Å². The summed E-state index contributed by atoms with van der Waals surface area (Å²) in [6.45, 7) is 0.685. The van der Waals surface area contributed by atoms with Crippen LogP contribution in [-0.4, -0.2) is 37.7 Å². The smallest absolute Gasteiger partial charge is 0.263 e. The Morgan fingerprint density at radius 2 is 1.61 bits per heavy atom. The molecule has 1 N–H and O–H groups in total. The molecule has 1 aliphatic rings. The second-order valence-electron chi connectivity index (χ2n) is 5.61. The van der Waals surface area contributed by atoms with Gasteiger partial charge in [0.2, 0.25) is 0 Å². The monoisotopic (exact) mass is 417 g/mol. The number of methoxy groups -OCH3 is 2. The Bertz CT molecular complexity index is 913. The van der Waals surface area contributed by atoms with Crippen molar-refractivity contribution < 1.29 is 23.7 Å². The molecule has 1 saturated heterocycles. The lowest BCUT2D eigenvalue weighted by Crippen LogP contribution is -2.17. The first-order chi connectivity index (χ1) is 13.6. The van der Waals surface area contributed by atoms with Gasteiger partial charge in [0.05, 0.1) is 19.1 Å². The number of hydrogen-bond donors (Lipinski definition) is 1. The normalized spacial score (nSPS) is 14.7. The number of rotatable bonds is 8. The summed E-state index contributed by atoms with van der Waals surface area (Å²) in [5, 5.41) is 2.59. The Morgan fingerprint density at radius 1 is 0.964 bits per heavy atom. The van der Waals surface area contributed by atoms with Crippen LogP contribution in [0, 0.1) is 0 Å². The molecular weight excluding hydrogens is 398 g/mol. The van der Waals surface area contributed by atoms with Gasteiger partial charge in [0, 0.05) is 0 Å². The fourth-order valence-electron chi connectivity index (χ4n) is 2.51. The third-order valence-corrected chi connectivity index (χ3v) is 4.96. The van der Waals surface area contributed by atoms with Crippen molar-refractivity contribution in [3.05, 3.63) is 52.9 Å². The number of ether oxygens (including phenoxy) is 4. The molecule has 146 valence electrons. The molecule has 2 aromatic rings. The largest absolute Gasteiger partial charge is 0.493 e. The molecule has 1 aliphatic heterocycles. The number of amides is 1. The maximum Gasteiger partial charge on any atom is 0.263 e. The maximum atomic E-state index is 11.8. The molecule has 0 radical (unpaired) electrons. The molecule has 8 heteroatoms. The Hall–Kier alpha value is -2.71. The summed E-state index contributed by atoms with van der Waals surface area (Å²) in [7, 11) is 3.16. The molecule has 28 heavy (non-hydrogen) atoms. The van der Waals surface area contributed by atoms with Gasteiger partial charge in [0.1, 0.15) is 17.5 Å². The van der Waals surface area contributed by atoms with Gasteiger partial charge in [0.25, 0.3) is 5.91 Å². The molecule has 0 spiro atoms. The van der Waals surface area contributed by atoms with Crippen molar-refractivity contribution in [2.45, 2.75) is 0 Å². The van der Waals surface area contributed by atoms with Crippen LogP contribution in [0.5, 0.6) is 23.0 Å². The lowest BCUT2D eigenvalue weighted by atomic mass is 10.2. The van der Waals surface area contributed by atoms with Crippen LogP contribution in [0.15, 0.2) is 47.4 Å². The summed E-state index contributed by atoms with van der Waals surface area (Å²) in [5.74, 6) is 2.30. The van der Waals surface area contributed by atoms with E-state index in [0.717, 1.165) is 5.56 Å². The summed E-state index contributed by atoms with van der Waals surface area (Å²) >= 11 is 6.23. The van der Waals surface area contributed by atoms with Crippen molar-refractivity contribution in [3.63, 3.8) is 0 Å². The van der Waals surface area contributed by atoms with Crippen LogP contribution in [0.25, 0.3) is 6.08 Å². The number of hydrogen-bond acceptors (Lipinski definition) is 7. The molecule has 0 bridgehead atoms. The number of thioether (sulfide) groups is 1. The lowest BCUT2D eigenvalue weighted by molar-refractivity contribution is -0.115. The third kappa shape index (κ3) is 4.96. The summed E-state index contributed by atoms with van der Waals surface area (Å²) in [6, 6.07) is 12.9. The topological polar surface area (TPSA) is 66.0 Å². The zero-order valence-electron chi connectivity index (χ0n) is 15.4. The Morgan fingerprint density at radius 3 is 2.21 bits per heavy atom. The van der Waals surface area contributed by atoms with E-state index in [9.17, 15) is 4.79 Å². The number of para-hydroxylation sites is 2. The second kappa shape index (κ2) is 9.48. The highest BCUT2D eigenvalue weighted by molar-refractivity contribution is 8.26. The number of benzene rings is 2. The quantitative estimate of drug-likeness (QED) is 0.399. The van der Waals surface area contributed by atoms with E-state index in [-0.39, 0.29) is 5.91 Å². The molecule has 1 heterocycles. The average molecular weight is 418 g/mol. The summed E-state index contributed by atoms with van der Waals surface area (Å²) in [5.41, 5.74) is 0.817. The van der Waals surface area contributed by atoms with Crippen molar-refractivity contribution in [3.8, 4) is 23.0 Å². The number of carbonyl (C=O) groups excluding carboxylic acids is 1. The third-order valence-electron chi connectivity index (χ3n) is 3.80. The van der Waals surface area contributed by atoms with Crippen LogP contribution in [0.3, 0.4) is 0 Å². The highest BCUT2D eigenvalue weighted by Gasteiger charge is 2.22. The van der Waals surface area contributed by atoms with Gasteiger partial charge >= 0.3 is 0 Å². The minimum Gasteiger partial charge on any atom is -0.493 e. The second-order valence-corrected chi connectivity index (χ2v) is 7.33. The van der Waals surface area contributed by atoms with E-state index in [1.165, 1.54) is 11.8 Å². The maximum absolute atomic E-state index is 11.8. The van der Waals surface area contributed by atoms with Crippen LogP contribution in [-0.2, 0) is 4.79 Å². The van der Waals surface area contributed by atoms with Crippen LogP contribution < -0.4 is 24.3 Å². The van der Waals surface area contributed by atoms with E-state index < -0.39 is 0 Å². The summed E-state index contributed by atoms with van der Waals surface area (Å²) in [6.07, 6.45) is 1.76. The summed E-state index contributed by atoms with van der Waals surface area (Å²) < 4.78 is 22.6. The molecule has 0 atom stereocenters. The van der Waals surface area contributed by atoms with Gasteiger partial charge < -0.3 is 24.3 Å². The first kappa shape index (κ1) is 20.0. The molecule has 1 fully saturated rings. The van der Waals surface area contributed by atoms with E-state index >= 15 is 0 Å². The van der Waals surface area contributed by atoms with Crippen molar-refractivity contribution in [1.29, 1.82) is 0 Å². The van der Waals surface area contributed by atoms with Crippen molar-refractivity contribution in [2.75, 3.05) is 27.4 Å². The van der Waals surface area contributed by atoms with E-state index in [0.29, 0.717) is 45.4 Å². The molecule has 1 amide bonds. The minimum absolute atomic E-state index is 0.192. The Balaban J connectivity index is 1.61. The number of thiocarbonyl (C=S) groups is 1. The fourth-order valence-corrected chi connectivity index (χ4v) is 3.55. The van der Waals surface area contributed by atoms with Crippen molar-refractivity contribution >= 4 is 40.3 Å². The van der Waals surface area contributed by atoms with E-state index in [2.05, 4.69) is 5.32 Å². The first-order valence-electron chi connectivity index (χ1n) is 8.42. The lowest BCUT2D eigenvalue weighted by Gasteiger charge is -2.13. The van der Waals surface area contributed by atoms with Gasteiger partial charge in [0.15, 0.2) is 23.0 Å². The number of carbonyl (C=O) groups is 1. The van der Waals surface area contributed by atoms with Gasteiger partial charge in [-0.2, -0.15) is 0 Å². The first-order valence-corrected chi connectivity index (χ1v) is 9.64. The van der Waals surface area contributed by atoms with Gasteiger partial charge in [-0.1, -0.05) is 42.2 Å². The molecule has 0 saturated carbocycles. The summed E-state index contributed by atoms with van der Waals surface area (Å²) in [4.78, 5) is 12.3. The zero-order valence-corrected chi connectivity index (χ0v) is 17.0. The Kier molecular flexibility index (Phi) is 6.78. The zero-order chi connectivity index (χ0) is 19.9. The standard InChI is InChI=1S/C20H19NO5S2/c1-23-14-5-3-4-6-15(14)25-9-10-26-16-8-7-13(11-17(16)24-2)12-18-19(22)21-20(27)28-18/h3-8,11-12H,9-10H2,1-2H3,(H,21,22,27). The van der Waals surface area contributed by atoms with Crippen LogP contribution in [0.4, 0.5) is 0 Å². The molecule has 0 unspecified atom stereocenters. The molecule has 0 aliphatic carbocycles. The van der Waals surface area contributed by atoms with E-state index in [1.54, 1.807) is 32.4 Å². The van der Waals surface area contributed by atoms with Gasteiger partial charge in [-0.3, -0.25) is 4.79 Å². The minimum atomic E-state index is -0.192. The fraction of sp³-hybridized carbons (Fsp3) is 0.200. The Labute approximate surface area is 172 Å². The number of nitrogens with one attached hydrogen (secondary N) is 1. The highest BCUT2D eigenvalue weighted by atomic mass is 32.2. The van der Waals surface area contributed by atoms with E-state index in [4.69, 9.17) is 31.2 Å². The van der Waals surface area contributed by atoms with Crippen LogP contribution >= 0.6 is 24.0 Å². The predicted octanol–water partition coefficient (Wildman–Crippen LogP) is 3.65. The molecule has 3 rings (SSSR count). The van der Waals surface area contributed by atoms with Crippen LogP contribution in [0.2, 0.25) is 0 Å². The molecule has 2 aromatic carbocycles. The van der Waals surface area contributed by atoms with Gasteiger partial charge in [-0.15, -0.1) is 0 Å². The van der Waals surface area contributed by atoms with Crippen molar-refractivity contribution in [2.24, 2.45) is 0 Å². The van der Waals surface area contributed by atoms with Crippen LogP contribution in [0.1, 0.15) is 5.56 Å². The average Bonchev–Trinajstić information content (AvgIpc) is 3.02. The molecule has 0 aromatic heterocycles. The molecular formula is C20H19NO5S2. The van der Waals surface area contributed by atoms with Gasteiger partial charge in [-0.25, -0.2) is 0 Å². The predicted molar refractivity (Wildman–Crippen MR) is 113 cm³/mol. The van der Waals surface area contributed by atoms with Gasteiger partial charge in [-0.05, 0) is 35.9 Å². The van der Waals surface area contributed by atoms with E-state index in [1.807, 2.05) is 30.3 Å². The molecule has 6 nitrogen and oxygen atoms in total. The highest BCUT2D eigenvalue weighted by Crippen LogP contribution is 2.32. The SMILES string of the molecule is COc1ccccc1OCCOc1ccc(C=C2SC(=S)NC2=O)cc1OC.